The van der Waals surface area contributed by atoms with Crippen molar-refractivity contribution in [3.63, 3.8) is 0 Å². The summed E-state index contributed by atoms with van der Waals surface area (Å²) in [5, 5.41) is 5.47. The Bertz CT molecular complexity index is 1010. The topological polar surface area (TPSA) is 75.8 Å². The van der Waals surface area contributed by atoms with E-state index in [0.717, 1.165) is 5.56 Å². The van der Waals surface area contributed by atoms with E-state index in [-0.39, 0.29) is 10.7 Å². The molecule has 5 nitrogen and oxygen atoms in total. The van der Waals surface area contributed by atoms with E-state index in [1.807, 2.05) is 0 Å². The normalized spacial score (nSPS) is 17.9. The van der Waals surface area contributed by atoms with Gasteiger partial charge in [0.25, 0.3) is 0 Å². The highest BCUT2D eigenvalue weighted by atomic mass is 35.5. The highest BCUT2D eigenvalue weighted by Crippen LogP contribution is 2.33. The fourth-order valence-electron chi connectivity index (χ4n) is 2.70. The van der Waals surface area contributed by atoms with Gasteiger partial charge in [-0.3, -0.25) is 4.99 Å². The Morgan fingerprint density at radius 1 is 1.19 bits per heavy atom. The van der Waals surface area contributed by atoms with Crippen LogP contribution in [0, 0.1) is 6.92 Å². The van der Waals surface area contributed by atoms with E-state index in [1.54, 1.807) is 25.1 Å². The molecule has 144 valence electrons. The molecule has 0 spiro atoms. The number of nitrogens with two attached hydrogens (primary N) is 1. The monoisotopic (exact) mass is 417 g/mol. The first-order valence-electron chi connectivity index (χ1n) is 7.78. The van der Waals surface area contributed by atoms with Crippen molar-refractivity contribution in [2.75, 3.05) is 11.4 Å². The van der Waals surface area contributed by atoms with Gasteiger partial charge in [-0.05, 0) is 42.8 Å². The van der Waals surface area contributed by atoms with Crippen molar-refractivity contribution in [2.45, 2.75) is 24.0 Å². The first kappa shape index (κ1) is 19.7. The van der Waals surface area contributed by atoms with E-state index in [1.165, 1.54) is 29.2 Å². The standard InChI is InChI=1S/C17H15ClF3N3O2S/c1-10-2-3-11(8-14(10)18)16-23-15(17(19,20)21)9-24(16)12-4-6-13(7-5-12)27(22,25)26/h2-8,15H,9H2,1H3,(H2,22,25,26). The number of anilines is 1. The number of rotatable bonds is 3. The Balaban J connectivity index is 2.04. The number of alkyl halides is 3. The molecule has 2 aromatic rings. The van der Waals surface area contributed by atoms with Crippen LogP contribution in [-0.2, 0) is 10.0 Å². The average Bonchev–Trinajstić information content (AvgIpc) is 3.02. The highest BCUT2D eigenvalue weighted by molar-refractivity contribution is 7.89. The van der Waals surface area contributed by atoms with Crippen LogP contribution in [0.2, 0.25) is 5.02 Å². The summed E-state index contributed by atoms with van der Waals surface area (Å²) < 4.78 is 62.5. The molecule has 0 amide bonds. The van der Waals surface area contributed by atoms with Crippen LogP contribution >= 0.6 is 11.6 Å². The van der Waals surface area contributed by atoms with Crippen LogP contribution in [-0.4, -0.2) is 33.0 Å². The molecular formula is C17H15ClF3N3O2S. The first-order valence-corrected chi connectivity index (χ1v) is 9.70. The number of nitrogens with zero attached hydrogens (tertiary/aromatic N) is 2. The molecule has 1 heterocycles. The minimum Gasteiger partial charge on any atom is -0.324 e. The molecular weight excluding hydrogens is 403 g/mol. The molecule has 27 heavy (non-hydrogen) atoms. The van der Waals surface area contributed by atoms with Gasteiger partial charge in [-0.25, -0.2) is 13.6 Å². The van der Waals surface area contributed by atoms with Crippen LogP contribution in [0.3, 0.4) is 0 Å². The maximum Gasteiger partial charge on any atom is 0.412 e. The molecule has 0 aromatic heterocycles. The van der Waals surface area contributed by atoms with Gasteiger partial charge in [0.05, 0.1) is 11.4 Å². The van der Waals surface area contributed by atoms with Gasteiger partial charge in [0, 0.05) is 16.3 Å². The molecule has 1 atom stereocenters. The van der Waals surface area contributed by atoms with Crippen LogP contribution in [0.25, 0.3) is 0 Å². The Kier molecular flexibility index (Phi) is 4.96. The van der Waals surface area contributed by atoms with Crippen molar-refractivity contribution in [1.29, 1.82) is 0 Å². The number of benzene rings is 2. The van der Waals surface area contributed by atoms with Gasteiger partial charge in [-0.2, -0.15) is 13.2 Å². The van der Waals surface area contributed by atoms with Crippen LogP contribution in [0.5, 0.6) is 0 Å². The first-order chi connectivity index (χ1) is 12.5. The molecule has 2 N–H and O–H groups in total. The summed E-state index contributed by atoms with van der Waals surface area (Å²) >= 11 is 6.11. The lowest BCUT2D eigenvalue weighted by Gasteiger charge is -2.22. The smallest absolute Gasteiger partial charge is 0.324 e. The van der Waals surface area contributed by atoms with Crippen molar-refractivity contribution in [3.05, 3.63) is 58.6 Å². The molecule has 3 rings (SSSR count). The summed E-state index contributed by atoms with van der Waals surface area (Å²) in [6.45, 7) is 1.36. The zero-order valence-corrected chi connectivity index (χ0v) is 15.6. The van der Waals surface area contributed by atoms with Gasteiger partial charge in [0.1, 0.15) is 5.84 Å². The third kappa shape index (κ3) is 4.10. The predicted octanol–water partition coefficient (Wildman–Crippen LogP) is 3.49. The predicted molar refractivity (Wildman–Crippen MR) is 97.7 cm³/mol. The third-order valence-electron chi connectivity index (χ3n) is 4.17. The second-order valence-corrected chi connectivity index (χ2v) is 8.09. The molecule has 0 fully saturated rings. The number of hydrogen-bond donors (Lipinski definition) is 1. The van der Waals surface area contributed by atoms with E-state index in [9.17, 15) is 21.6 Å². The maximum atomic E-state index is 13.2. The third-order valence-corrected chi connectivity index (χ3v) is 5.51. The number of primary sulfonamides is 1. The molecule has 2 aromatic carbocycles. The quantitative estimate of drug-likeness (QED) is 0.830. The van der Waals surface area contributed by atoms with E-state index < -0.39 is 28.8 Å². The van der Waals surface area contributed by atoms with Crippen molar-refractivity contribution >= 4 is 33.1 Å². The van der Waals surface area contributed by atoms with Crippen LogP contribution in [0.1, 0.15) is 11.1 Å². The number of amidine groups is 1. The molecule has 1 aliphatic heterocycles. The summed E-state index contributed by atoms with van der Waals surface area (Å²) in [6, 6.07) is 8.27. The zero-order chi connectivity index (χ0) is 20.0. The molecule has 10 heteroatoms. The fraction of sp³-hybridized carbons (Fsp3) is 0.235. The zero-order valence-electron chi connectivity index (χ0n) is 14.0. The summed E-state index contributed by atoms with van der Waals surface area (Å²) in [5.41, 5.74) is 1.59. The number of sulfonamides is 1. The lowest BCUT2D eigenvalue weighted by Crippen LogP contribution is -2.35. The minimum absolute atomic E-state index is 0.114. The lowest BCUT2D eigenvalue weighted by molar-refractivity contribution is -0.142. The van der Waals surface area contributed by atoms with Gasteiger partial charge in [-0.1, -0.05) is 23.7 Å². The van der Waals surface area contributed by atoms with Crippen LogP contribution < -0.4 is 10.0 Å². The molecule has 0 bridgehead atoms. The van der Waals surface area contributed by atoms with Gasteiger partial charge < -0.3 is 4.90 Å². The summed E-state index contributed by atoms with van der Waals surface area (Å²) in [6.07, 6.45) is -4.50. The van der Waals surface area contributed by atoms with Gasteiger partial charge in [0.15, 0.2) is 6.04 Å². The lowest BCUT2D eigenvalue weighted by atomic mass is 10.1. The molecule has 0 saturated carbocycles. The molecule has 1 aliphatic rings. The minimum atomic E-state index is -4.50. The van der Waals surface area contributed by atoms with Gasteiger partial charge in [-0.15, -0.1) is 0 Å². The van der Waals surface area contributed by atoms with E-state index >= 15 is 0 Å². The van der Waals surface area contributed by atoms with Crippen molar-refractivity contribution in [1.82, 2.24) is 0 Å². The second-order valence-electron chi connectivity index (χ2n) is 6.12. The van der Waals surface area contributed by atoms with E-state index in [4.69, 9.17) is 16.7 Å². The number of aryl methyl sites for hydroxylation is 1. The number of halogens is 4. The van der Waals surface area contributed by atoms with Gasteiger partial charge >= 0.3 is 6.18 Å². The van der Waals surface area contributed by atoms with Crippen LogP contribution in [0.15, 0.2) is 52.4 Å². The SMILES string of the molecule is Cc1ccc(C2=NC(C(F)(F)F)CN2c2ccc(S(N)(=O)=O)cc2)cc1Cl. The summed E-state index contributed by atoms with van der Waals surface area (Å²) in [7, 11) is -3.90. The Morgan fingerprint density at radius 3 is 2.33 bits per heavy atom. The van der Waals surface area contributed by atoms with Crippen LogP contribution in [0.4, 0.5) is 18.9 Å². The van der Waals surface area contributed by atoms with Crippen molar-refractivity contribution in [3.8, 4) is 0 Å². The summed E-state index contributed by atoms with van der Waals surface area (Å²) in [4.78, 5) is 5.10. The molecule has 1 unspecified atom stereocenters. The van der Waals surface area contributed by atoms with Crippen molar-refractivity contribution in [2.24, 2.45) is 10.1 Å². The Morgan fingerprint density at radius 2 is 1.81 bits per heavy atom. The molecule has 0 radical (unpaired) electrons. The summed E-state index contributed by atoms with van der Waals surface area (Å²) in [5.74, 6) is 0.114. The average molecular weight is 418 g/mol. The fourth-order valence-corrected chi connectivity index (χ4v) is 3.40. The van der Waals surface area contributed by atoms with Crippen molar-refractivity contribution < 1.29 is 21.6 Å². The molecule has 0 saturated heterocycles. The van der Waals surface area contributed by atoms with E-state index in [0.29, 0.717) is 16.3 Å². The highest BCUT2D eigenvalue weighted by Gasteiger charge is 2.45. The maximum absolute atomic E-state index is 13.2. The second kappa shape index (κ2) is 6.81. The van der Waals surface area contributed by atoms with E-state index in [2.05, 4.69) is 4.99 Å². The largest absolute Gasteiger partial charge is 0.412 e. The Hall–Kier alpha value is -2.10. The molecule has 0 aliphatic carbocycles. The Labute approximate surface area is 159 Å². The number of aliphatic imine (C=N–C) groups is 1. The number of hydrogen-bond acceptors (Lipinski definition) is 4. The van der Waals surface area contributed by atoms with Gasteiger partial charge in [0.2, 0.25) is 10.0 Å².